The van der Waals surface area contributed by atoms with Crippen LogP contribution in [0.4, 0.5) is 10.6 Å². The SMILES string of the molecule is CCOC(=O)Nc1nc2ccc(Cl)nn2c1Br. The lowest BCUT2D eigenvalue weighted by Gasteiger charge is -2.01. The number of halogens is 2. The molecule has 6 nitrogen and oxygen atoms in total. The molecule has 0 aliphatic heterocycles. The van der Waals surface area contributed by atoms with E-state index >= 15 is 0 Å². The lowest BCUT2D eigenvalue weighted by molar-refractivity contribution is 0.168. The van der Waals surface area contributed by atoms with Gasteiger partial charge < -0.3 is 4.74 Å². The van der Waals surface area contributed by atoms with Gasteiger partial charge in [-0.25, -0.2) is 14.3 Å². The van der Waals surface area contributed by atoms with Gasteiger partial charge in [0.25, 0.3) is 0 Å². The van der Waals surface area contributed by atoms with Crippen LogP contribution in [0.25, 0.3) is 5.65 Å². The number of hydrogen-bond donors (Lipinski definition) is 1. The van der Waals surface area contributed by atoms with Crippen LogP contribution in [0, 0.1) is 0 Å². The summed E-state index contributed by atoms with van der Waals surface area (Å²) in [5.41, 5.74) is 0.563. The first-order chi connectivity index (χ1) is 8.11. The molecular formula is C9H8BrClN4O2. The van der Waals surface area contributed by atoms with Crippen LogP contribution in [-0.4, -0.2) is 27.3 Å². The maximum atomic E-state index is 11.3. The van der Waals surface area contributed by atoms with Crippen molar-refractivity contribution in [1.82, 2.24) is 14.6 Å². The summed E-state index contributed by atoms with van der Waals surface area (Å²) in [5.74, 6) is 0.332. The Morgan fingerprint density at radius 3 is 3.12 bits per heavy atom. The van der Waals surface area contributed by atoms with Crippen molar-refractivity contribution in [3.63, 3.8) is 0 Å². The van der Waals surface area contributed by atoms with Gasteiger partial charge in [-0.2, -0.15) is 5.10 Å². The predicted molar refractivity (Wildman–Crippen MR) is 66.3 cm³/mol. The van der Waals surface area contributed by atoms with Gasteiger partial charge in [-0.1, -0.05) is 11.6 Å². The van der Waals surface area contributed by atoms with Gasteiger partial charge in [0.1, 0.15) is 5.15 Å². The van der Waals surface area contributed by atoms with Crippen LogP contribution >= 0.6 is 27.5 Å². The Bertz CT molecular complexity index is 571. The summed E-state index contributed by atoms with van der Waals surface area (Å²) in [4.78, 5) is 15.4. The summed E-state index contributed by atoms with van der Waals surface area (Å²) >= 11 is 9.04. The van der Waals surface area contributed by atoms with Gasteiger partial charge >= 0.3 is 6.09 Å². The van der Waals surface area contributed by atoms with Crippen LogP contribution in [0.2, 0.25) is 5.15 Å². The zero-order chi connectivity index (χ0) is 12.4. The Morgan fingerprint density at radius 2 is 2.41 bits per heavy atom. The van der Waals surface area contributed by atoms with Crippen molar-refractivity contribution >= 4 is 45.1 Å². The van der Waals surface area contributed by atoms with Crippen molar-refractivity contribution < 1.29 is 9.53 Å². The summed E-state index contributed by atoms with van der Waals surface area (Å²) < 4.78 is 6.73. The predicted octanol–water partition coefficient (Wildman–Crippen LogP) is 2.71. The van der Waals surface area contributed by atoms with E-state index in [9.17, 15) is 4.79 Å². The molecule has 1 N–H and O–H groups in total. The van der Waals surface area contributed by atoms with Crippen molar-refractivity contribution in [3.8, 4) is 0 Å². The fourth-order valence-corrected chi connectivity index (χ4v) is 1.81. The molecule has 0 atom stereocenters. The minimum atomic E-state index is -0.567. The lowest BCUT2D eigenvalue weighted by atomic mass is 10.6. The Morgan fingerprint density at radius 1 is 1.65 bits per heavy atom. The van der Waals surface area contributed by atoms with Crippen LogP contribution in [0.15, 0.2) is 16.7 Å². The second-order valence-electron chi connectivity index (χ2n) is 3.02. The normalized spacial score (nSPS) is 10.5. The van der Waals surface area contributed by atoms with Gasteiger partial charge in [0, 0.05) is 0 Å². The van der Waals surface area contributed by atoms with E-state index in [0.717, 1.165) is 0 Å². The van der Waals surface area contributed by atoms with Crippen LogP contribution in [-0.2, 0) is 4.74 Å². The van der Waals surface area contributed by atoms with E-state index in [0.29, 0.717) is 27.8 Å². The molecule has 0 saturated heterocycles. The molecular weight excluding hydrogens is 311 g/mol. The van der Waals surface area contributed by atoms with Gasteiger partial charge in [0.15, 0.2) is 16.1 Å². The number of fused-ring (bicyclic) bond motifs is 1. The van der Waals surface area contributed by atoms with Crippen LogP contribution < -0.4 is 5.32 Å². The standard InChI is InChI=1S/C9H8BrClN4O2/c1-2-17-9(16)13-8-7(10)15-6(12-8)4-3-5(11)14-15/h3-4H,2H2,1H3,(H,13,16). The number of aromatic nitrogens is 3. The molecule has 1 amide bonds. The third-order valence-electron chi connectivity index (χ3n) is 1.89. The average molecular weight is 320 g/mol. The zero-order valence-electron chi connectivity index (χ0n) is 8.78. The molecule has 2 aromatic heterocycles. The smallest absolute Gasteiger partial charge is 0.412 e. The quantitative estimate of drug-likeness (QED) is 0.924. The van der Waals surface area contributed by atoms with E-state index in [2.05, 4.69) is 31.3 Å². The first-order valence-corrected chi connectivity index (χ1v) is 5.93. The summed E-state index contributed by atoms with van der Waals surface area (Å²) in [7, 11) is 0. The molecule has 8 heteroatoms. The molecule has 0 aromatic carbocycles. The number of rotatable bonds is 2. The van der Waals surface area contributed by atoms with E-state index < -0.39 is 6.09 Å². The van der Waals surface area contributed by atoms with Gasteiger partial charge in [-0.05, 0) is 35.0 Å². The minimum absolute atomic E-state index is 0.293. The molecule has 0 spiro atoms. The first kappa shape index (κ1) is 12.1. The van der Waals surface area contributed by atoms with Crippen LogP contribution in [0.1, 0.15) is 6.92 Å². The molecule has 0 aliphatic carbocycles. The van der Waals surface area contributed by atoms with E-state index in [4.69, 9.17) is 16.3 Å². The number of amides is 1. The van der Waals surface area contributed by atoms with Gasteiger partial charge in [-0.3, -0.25) is 5.32 Å². The fourth-order valence-electron chi connectivity index (χ4n) is 1.23. The molecule has 2 aromatic rings. The van der Waals surface area contributed by atoms with E-state index in [-0.39, 0.29) is 0 Å². The Labute approximate surface area is 110 Å². The Kier molecular flexibility index (Phi) is 3.49. The van der Waals surface area contributed by atoms with Crippen molar-refractivity contribution in [2.75, 3.05) is 11.9 Å². The fraction of sp³-hybridized carbons (Fsp3) is 0.222. The van der Waals surface area contributed by atoms with Crippen LogP contribution in [0.3, 0.4) is 0 Å². The molecule has 2 heterocycles. The topological polar surface area (TPSA) is 68.5 Å². The number of nitrogens with zero attached hydrogens (tertiary/aromatic N) is 3. The van der Waals surface area contributed by atoms with Crippen molar-refractivity contribution in [1.29, 1.82) is 0 Å². The number of carbonyl (C=O) groups excluding carboxylic acids is 1. The Balaban J connectivity index is 2.35. The highest BCUT2D eigenvalue weighted by molar-refractivity contribution is 9.10. The second-order valence-corrected chi connectivity index (χ2v) is 4.16. The second kappa shape index (κ2) is 4.89. The molecule has 0 saturated carbocycles. The van der Waals surface area contributed by atoms with Crippen LogP contribution in [0.5, 0.6) is 0 Å². The van der Waals surface area contributed by atoms with E-state index in [1.807, 2.05) is 0 Å². The van der Waals surface area contributed by atoms with Crippen molar-refractivity contribution in [2.24, 2.45) is 0 Å². The third-order valence-corrected chi connectivity index (χ3v) is 2.80. The monoisotopic (exact) mass is 318 g/mol. The zero-order valence-corrected chi connectivity index (χ0v) is 11.1. The number of ether oxygens (including phenoxy) is 1. The molecule has 0 radical (unpaired) electrons. The van der Waals surface area contributed by atoms with E-state index in [1.165, 1.54) is 4.52 Å². The average Bonchev–Trinajstić information content (AvgIpc) is 2.57. The lowest BCUT2D eigenvalue weighted by Crippen LogP contribution is -2.13. The van der Waals surface area contributed by atoms with Crippen molar-refractivity contribution in [3.05, 3.63) is 21.9 Å². The summed E-state index contributed by atoms with van der Waals surface area (Å²) in [6, 6.07) is 3.31. The molecule has 17 heavy (non-hydrogen) atoms. The van der Waals surface area contributed by atoms with Gasteiger partial charge in [0.05, 0.1) is 6.61 Å². The van der Waals surface area contributed by atoms with Gasteiger partial charge in [0.2, 0.25) is 0 Å². The summed E-state index contributed by atoms with van der Waals surface area (Å²) in [6.07, 6.45) is -0.567. The highest BCUT2D eigenvalue weighted by Gasteiger charge is 2.13. The maximum absolute atomic E-state index is 11.3. The molecule has 0 aliphatic rings. The highest BCUT2D eigenvalue weighted by Crippen LogP contribution is 2.23. The molecule has 0 bridgehead atoms. The number of imidazole rings is 1. The number of anilines is 1. The summed E-state index contributed by atoms with van der Waals surface area (Å²) in [5, 5.41) is 6.86. The Hall–Kier alpha value is -1.34. The van der Waals surface area contributed by atoms with E-state index in [1.54, 1.807) is 19.1 Å². The number of carbonyl (C=O) groups is 1. The number of hydrogen-bond acceptors (Lipinski definition) is 4. The molecule has 0 unspecified atom stereocenters. The first-order valence-electron chi connectivity index (χ1n) is 4.76. The van der Waals surface area contributed by atoms with Gasteiger partial charge in [-0.15, -0.1) is 0 Å². The molecule has 90 valence electrons. The minimum Gasteiger partial charge on any atom is -0.450 e. The van der Waals surface area contributed by atoms with Crippen molar-refractivity contribution in [2.45, 2.75) is 6.92 Å². The third kappa shape index (κ3) is 2.50. The highest BCUT2D eigenvalue weighted by atomic mass is 79.9. The largest absolute Gasteiger partial charge is 0.450 e. The maximum Gasteiger partial charge on any atom is 0.412 e. The summed E-state index contributed by atoms with van der Waals surface area (Å²) in [6.45, 7) is 2.01. The number of nitrogens with one attached hydrogen (secondary N) is 1. The molecule has 0 fully saturated rings. The molecule has 2 rings (SSSR count).